The van der Waals surface area contributed by atoms with Gasteiger partial charge in [-0.15, -0.1) is 11.3 Å². The van der Waals surface area contributed by atoms with Gasteiger partial charge in [-0.1, -0.05) is 13.8 Å². The van der Waals surface area contributed by atoms with Gasteiger partial charge < -0.3 is 5.32 Å². The second-order valence-corrected chi connectivity index (χ2v) is 8.50. The van der Waals surface area contributed by atoms with E-state index in [-0.39, 0.29) is 5.54 Å². The molecule has 0 saturated carbocycles. The maximum Gasteiger partial charge on any atom is 0.252 e. The van der Waals surface area contributed by atoms with Crippen molar-refractivity contribution in [1.29, 1.82) is 0 Å². The van der Waals surface area contributed by atoms with Crippen molar-refractivity contribution in [3.8, 4) is 0 Å². The predicted octanol–water partition coefficient (Wildman–Crippen LogP) is 2.67. The summed E-state index contributed by atoms with van der Waals surface area (Å²) in [5.74, 6) is 0. The fourth-order valence-corrected chi connectivity index (χ4v) is 4.60. The number of hydrogen-bond donors (Lipinski definition) is 1. The SMILES string of the molecule is CCNCc1ccc(S(=O)(=O)N(C)C(C)(C)CC)s1. The molecule has 0 aromatic carbocycles. The van der Waals surface area contributed by atoms with E-state index in [1.807, 2.05) is 33.8 Å². The van der Waals surface area contributed by atoms with Gasteiger partial charge in [0.25, 0.3) is 10.0 Å². The number of nitrogens with zero attached hydrogens (tertiary/aromatic N) is 1. The quantitative estimate of drug-likeness (QED) is 0.842. The van der Waals surface area contributed by atoms with Crippen LogP contribution in [0, 0.1) is 0 Å². The van der Waals surface area contributed by atoms with Crippen LogP contribution in [-0.4, -0.2) is 31.9 Å². The highest BCUT2D eigenvalue weighted by Gasteiger charge is 2.33. The molecule has 0 radical (unpaired) electrons. The van der Waals surface area contributed by atoms with Gasteiger partial charge in [0, 0.05) is 24.0 Å². The molecule has 0 amide bonds. The van der Waals surface area contributed by atoms with Crippen molar-refractivity contribution >= 4 is 21.4 Å². The zero-order chi connectivity index (χ0) is 14.7. The van der Waals surface area contributed by atoms with Gasteiger partial charge in [0.1, 0.15) is 4.21 Å². The van der Waals surface area contributed by atoms with Crippen LogP contribution in [0.5, 0.6) is 0 Å². The largest absolute Gasteiger partial charge is 0.312 e. The highest BCUT2D eigenvalue weighted by atomic mass is 32.2. The molecular formula is C13H24N2O2S2. The van der Waals surface area contributed by atoms with E-state index in [9.17, 15) is 8.42 Å². The van der Waals surface area contributed by atoms with Crippen LogP contribution in [0.3, 0.4) is 0 Å². The smallest absolute Gasteiger partial charge is 0.252 e. The Morgan fingerprint density at radius 1 is 1.32 bits per heavy atom. The van der Waals surface area contributed by atoms with Gasteiger partial charge in [-0.2, -0.15) is 4.31 Å². The Bertz CT molecular complexity index is 506. The average Bonchev–Trinajstić information content (AvgIpc) is 2.84. The van der Waals surface area contributed by atoms with Crippen molar-refractivity contribution in [2.45, 2.75) is 50.4 Å². The van der Waals surface area contributed by atoms with E-state index >= 15 is 0 Å². The first-order valence-electron chi connectivity index (χ1n) is 6.54. The summed E-state index contributed by atoms with van der Waals surface area (Å²) in [5.41, 5.74) is -0.370. The Morgan fingerprint density at radius 3 is 2.47 bits per heavy atom. The summed E-state index contributed by atoms with van der Waals surface area (Å²) in [5, 5.41) is 3.20. The lowest BCUT2D eigenvalue weighted by atomic mass is 10.0. The molecule has 0 aliphatic rings. The first-order chi connectivity index (χ1) is 8.75. The van der Waals surface area contributed by atoms with E-state index in [4.69, 9.17) is 0 Å². The van der Waals surface area contributed by atoms with Crippen LogP contribution >= 0.6 is 11.3 Å². The van der Waals surface area contributed by atoms with Crippen molar-refractivity contribution in [3.05, 3.63) is 17.0 Å². The summed E-state index contributed by atoms with van der Waals surface area (Å²) in [6.45, 7) is 9.51. The molecule has 0 fully saturated rings. The monoisotopic (exact) mass is 304 g/mol. The third kappa shape index (κ3) is 3.78. The Morgan fingerprint density at radius 2 is 1.95 bits per heavy atom. The van der Waals surface area contributed by atoms with Crippen molar-refractivity contribution in [3.63, 3.8) is 0 Å². The van der Waals surface area contributed by atoms with Crippen molar-refractivity contribution in [1.82, 2.24) is 9.62 Å². The first-order valence-corrected chi connectivity index (χ1v) is 8.79. The molecule has 19 heavy (non-hydrogen) atoms. The van der Waals surface area contributed by atoms with E-state index in [1.54, 1.807) is 13.1 Å². The van der Waals surface area contributed by atoms with Crippen molar-refractivity contribution < 1.29 is 8.42 Å². The highest BCUT2D eigenvalue weighted by Crippen LogP contribution is 2.29. The first kappa shape index (κ1) is 16.6. The van der Waals surface area contributed by atoms with Crippen LogP contribution in [0.2, 0.25) is 0 Å². The Hall–Kier alpha value is -0.430. The molecule has 0 spiro atoms. The molecule has 4 nitrogen and oxygen atoms in total. The lowest BCUT2D eigenvalue weighted by Gasteiger charge is -2.33. The summed E-state index contributed by atoms with van der Waals surface area (Å²) < 4.78 is 27.0. The Balaban J connectivity index is 2.97. The molecule has 110 valence electrons. The van der Waals surface area contributed by atoms with E-state index < -0.39 is 10.0 Å². The van der Waals surface area contributed by atoms with Gasteiger partial charge in [0.2, 0.25) is 0 Å². The van der Waals surface area contributed by atoms with Crippen molar-refractivity contribution in [2.24, 2.45) is 0 Å². The number of thiophene rings is 1. The molecular weight excluding hydrogens is 280 g/mol. The second-order valence-electron chi connectivity index (χ2n) is 5.14. The van der Waals surface area contributed by atoms with E-state index in [0.717, 1.165) is 24.4 Å². The normalized spacial score (nSPS) is 13.2. The molecule has 0 unspecified atom stereocenters. The molecule has 1 aromatic rings. The Labute approximate surface area is 120 Å². The maximum atomic E-state index is 12.5. The third-order valence-electron chi connectivity index (χ3n) is 3.52. The summed E-state index contributed by atoms with van der Waals surface area (Å²) >= 11 is 1.34. The molecule has 0 atom stereocenters. The lowest BCUT2D eigenvalue weighted by molar-refractivity contribution is 0.257. The van der Waals surface area contributed by atoms with Gasteiger partial charge in [-0.25, -0.2) is 8.42 Å². The van der Waals surface area contributed by atoms with Gasteiger partial charge in [-0.3, -0.25) is 0 Å². The van der Waals surface area contributed by atoms with Crippen molar-refractivity contribution in [2.75, 3.05) is 13.6 Å². The zero-order valence-corrected chi connectivity index (χ0v) is 14.0. The summed E-state index contributed by atoms with van der Waals surface area (Å²) in [7, 11) is -1.73. The van der Waals surface area contributed by atoms with Crippen LogP contribution in [0.15, 0.2) is 16.3 Å². The molecule has 1 heterocycles. The summed E-state index contributed by atoms with van der Waals surface area (Å²) in [6, 6.07) is 3.59. The number of nitrogens with one attached hydrogen (secondary N) is 1. The lowest BCUT2D eigenvalue weighted by Crippen LogP contribution is -2.44. The fourth-order valence-electron chi connectivity index (χ4n) is 1.52. The number of sulfonamides is 1. The fraction of sp³-hybridized carbons (Fsp3) is 0.692. The van der Waals surface area contributed by atoms with E-state index in [0.29, 0.717) is 4.21 Å². The van der Waals surface area contributed by atoms with Crippen LogP contribution in [-0.2, 0) is 16.6 Å². The molecule has 1 N–H and O–H groups in total. The van der Waals surface area contributed by atoms with Gasteiger partial charge >= 0.3 is 0 Å². The van der Waals surface area contributed by atoms with Crippen LogP contribution < -0.4 is 5.32 Å². The summed E-state index contributed by atoms with van der Waals surface area (Å²) in [6.07, 6.45) is 0.776. The molecule has 0 aliphatic carbocycles. The van der Waals surface area contributed by atoms with Crippen LogP contribution in [0.4, 0.5) is 0 Å². The van der Waals surface area contributed by atoms with Gasteiger partial charge in [-0.05, 0) is 38.9 Å². The second kappa shape index (κ2) is 6.35. The average molecular weight is 304 g/mol. The van der Waals surface area contributed by atoms with Gasteiger partial charge in [0.15, 0.2) is 0 Å². The number of rotatable bonds is 7. The highest BCUT2D eigenvalue weighted by molar-refractivity contribution is 7.91. The molecule has 0 saturated heterocycles. The molecule has 0 bridgehead atoms. The summed E-state index contributed by atoms with van der Waals surface area (Å²) in [4.78, 5) is 1.04. The minimum absolute atomic E-state index is 0.370. The molecule has 0 aliphatic heterocycles. The standard InChI is InChI=1S/C13H24N2O2S2/c1-6-13(3,4)15(5)19(16,17)12-9-8-11(18-12)10-14-7-2/h8-9,14H,6-7,10H2,1-5H3. The molecule has 1 rings (SSSR count). The predicted molar refractivity (Wildman–Crippen MR) is 81.0 cm³/mol. The zero-order valence-electron chi connectivity index (χ0n) is 12.4. The third-order valence-corrected chi connectivity index (χ3v) is 7.14. The Kier molecular flexibility index (Phi) is 5.55. The van der Waals surface area contributed by atoms with Crippen LogP contribution in [0.1, 0.15) is 39.0 Å². The minimum Gasteiger partial charge on any atom is -0.312 e. The van der Waals surface area contributed by atoms with E-state index in [2.05, 4.69) is 5.32 Å². The number of hydrogen-bond acceptors (Lipinski definition) is 4. The van der Waals surface area contributed by atoms with Gasteiger partial charge in [0.05, 0.1) is 0 Å². The van der Waals surface area contributed by atoms with E-state index in [1.165, 1.54) is 15.6 Å². The molecule has 6 heteroatoms. The maximum absolute atomic E-state index is 12.5. The topological polar surface area (TPSA) is 49.4 Å². The molecule has 1 aromatic heterocycles. The van der Waals surface area contributed by atoms with Crippen LogP contribution in [0.25, 0.3) is 0 Å². The minimum atomic E-state index is -3.39.